The van der Waals surface area contributed by atoms with Crippen LogP contribution in [-0.2, 0) is 11.2 Å². The number of nitrogens with zero attached hydrogens (tertiary/aromatic N) is 1. The van der Waals surface area contributed by atoms with E-state index >= 15 is 0 Å². The van der Waals surface area contributed by atoms with E-state index in [2.05, 4.69) is 0 Å². The number of aryl methyl sites for hydroxylation is 1. The third kappa shape index (κ3) is 6.81. The molecule has 0 spiro atoms. The number of thioether (sulfide) groups is 1. The van der Waals surface area contributed by atoms with Crippen LogP contribution in [0.5, 0.6) is 11.5 Å². The number of carbonyl (C=O) groups is 3. The SMILES string of the molecule is CSc1ccc(C(=O)C2CN(C(=O)Oc3ccccc3)CC2Cc2ccc(OC(C)(C)C(=O)O)c(C)c2)cc1. The van der Waals surface area contributed by atoms with Crippen LogP contribution in [0.2, 0.25) is 0 Å². The number of likely N-dealkylation sites (tertiary alicyclic amines) is 1. The van der Waals surface area contributed by atoms with Crippen molar-refractivity contribution in [2.24, 2.45) is 11.8 Å². The minimum atomic E-state index is -1.36. The fourth-order valence-corrected chi connectivity index (χ4v) is 5.13. The zero-order valence-electron chi connectivity index (χ0n) is 22.5. The van der Waals surface area contributed by atoms with Gasteiger partial charge in [-0.05, 0) is 80.8 Å². The van der Waals surface area contributed by atoms with Gasteiger partial charge in [-0.2, -0.15) is 0 Å². The lowest BCUT2D eigenvalue weighted by molar-refractivity contribution is -0.152. The van der Waals surface area contributed by atoms with Crippen molar-refractivity contribution in [1.29, 1.82) is 0 Å². The molecule has 204 valence electrons. The van der Waals surface area contributed by atoms with Crippen molar-refractivity contribution in [3.8, 4) is 11.5 Å². The summed E-state index contributed by atoms with van der Waals surface area (Å²) in [5, 5.41) is 9.40. The highest BCUT2D eigenvalue weighted by atomic mass is 32.2. The van der Waals surface area contributed by atoms with Crippen LogP contribution in [0.15, 0.2) is 77.7 Å². The van der Waals surface area contributed by atoms with Gasteiger partial charge in [0, 0.05) is 29.5 Å². The highest BCUT2D eigenvalue weighted by Gasteiger charge is 2.40. The molecule has 8 heteroatoms. The van der Waals surface area contributed by atoms with Gasteiger partial charge in [0.05, 0.1) is 0 Å². The van der Waals surface area contributed by atoms with E-state index in [1.807, 2.05) is 55.6 Å². The van der Waals surface area contributed by atoms with Crippen LogP contribution in [0.1, 0.15) is 35.3 Å². The van der Waals surface area contributed by atoms with Crippen LogP contribution in [-0.4, -0.2) is 52.8 Å². The lowest BCUT2D eigenvalue weighted by Gasteiger charge is -2.23. The van der Waals surface area contributed by atoms with E-state index in [0.29, 0.717) is 30.0 Å². The number of carboxylic acids is 1. The maximum absolute atomic E-state index is 13.7. The zero-order valence-corrected chi connectivity index (χ0v) is 23.4. The smallest absolute Gasteiger partial charge is 0.415 e. The molecule has 39 heavy (non-hydrogen) atoms. The Labute approximate surface area is 233 Å². The molecular weight excluding hydrogens is 514 g/mol. The summed E-state index contributed by atoms with van der Waals surface area (Å²) < 4.78 is 11.3. The first-order valence-corrected chi connectivity index (χ1v) is 14.0. The number of para-hydroxylation sites is 1. The quantitative estimate of drug-likeness (QED) is 0.254. The molecule has 1 N–H and O–H groups in total. The Morgan fingerprint density at radius 3 is 2.31 bits per heavy atom. The number of hydrogen-bond acceptors (Lipinski definition) is 6. The van der Waals surface area contributed by atoms with Gasteiger partial charge in [0.25, 0.3) is 0 Å². The van der Waals surface area contributed by atoms with Crippen molar-refractivity contribution in [2.75, 3.05) is 19.3 Å². The molecule has 1 amide bonds. The molecule has 1 fully saturated rings. The van der Waals surface area contributed by atoms with Crippen molar-refractivity contribution >= 4 is 29.6 Å². The summed E-state index contributed by atoms with van der Waals surface area (Å²) in [5.74, 6) is -0.615. The molecule has 0 bridgehead atoms. The Bertz CT molecular complexity index is 1340. The number of ketones is 1. The minimum absolute atomic E-state index is 0.00236. The standard InChI is InChI=1S/C31H33NO6S/c1-20-16-21(10-15-27(20)38-31(2,3)29(34)35)17-23-18-32(30(36)37-24-8-6-5-7-9-24)19-26(23)28(33)22-11-13-25(39-4)14-12-22/h5-16,23,26H,17-19H2,1-4H3,(H,34,35). The molecule has 0 radical (unpaired) electrons. The molecule has 0 saturated carbocycles. The highest BCUT2D eigenvalue weighted by molar-refractivity contribution is 7.98. The minimum Gasteiger partial charge on any atom is -0.478 e. The van der Waals surface area contributed by atoms with Crippen LogP contribution in [0.4, 0.5) is 4.79 Å². The number of ether oxygens (including phenoxy) is 2. The topological polar surface area (TPSA) is 93.1 Å². The maximum Gasteiger partial charge on any atom is 0.415 e. The van der Waals surface area contributed by atoms with Gasteiger partial charge in [-0.3, -0.25) is 4.79 Å². The zero-order chi connectivity index (χ0) is 28.2. The number of hydrogen-bond donors (Lipinski definition) is 1. The van der Waals surface area contributed by atoms with Gasteiger partial charge in [-0.1, -0.05) is 42.5 Å². The van der Waals surface area contributed by atoms with Crippen LogP contribution >= 0.6 is 11.8 Å². The monoisotopic (exact) mass is 547 g/mol. The predicted molar refractivity (Wildman–Crippen MR) is 151 cm³/mol. The third-order valence-corrected chi connectivity index (χ3v) is 7.72. The summed E-state index contributed by atoms with van der Waals surface area (Å²) in [7, 11) is 0. The van der Waals surface area contributed by atoms with Gasteiger partial charge in [-0.15, -0.1) is 11.8 Å². The van der Waals surface area contributed by atoms with E-state index < -0.39 is 23.6 Å². The number of Topliss-reactive ketones (excluding diaryl/α,β-unsaturated/α-hetero) is 1. The molecule has 1 saturated heterocycles. The first-order valence-electron chi connectivity index (χ1n) is 12.8. The molecule has 1 aliphatic heterocycles. The molecule has 3 aromatic rings. The van der Waals surface area contributed by atoms with Gasteiger partial charge in [0.2, 0.25) is 0 Å². The summed E-state index contributed by atoms with van der Waals surface area (Å²) in [6.07, 6.45) is 2.08. The van der Waals surface area contributed by atoms with Gasteiger partial charge in [-0.25, -0.2) is 9.59 Å². The van der Waals surface area contributed by atoms with E-state index in [0.717, 1.165) is 16.0 Å². The number of carbonyl (C=O) groups excluding carboxylic acids is 2. The Hall–Kier alpha value is -3.78. The fourth-order valence-electron chi connectivity index (χ4n) is 4.72. The molecule has 0 aliphatic carbocycles. The van der Waals surface area contributed by atoms with E-state index in [4.69, 9.17) is 9.47 Å². The summed E-state index contributed by atoms with van der Waals surface area (Å²) in [5.41, 5.74) is 1.04. The van der Waals surface area contributed by atoms with Crippen LogP contribution in [0, 0.1) is 18.8 Å². The maximum atomic E-state index is 13.7. The van der Waals surface area contributed by atoms with Crippen LogP contribution in [0.25, 0.3) is 0 Å². The summed E-state index contributed by atoms with van der Waals surface area (Å²) in [6, 6.07) is 22.1. The lowest BCUT2D eigenvalue weighted by atomic mass is 9.84. The van der Waals surface area contributed by atoms with Crippen LogP contribution in [0.3, 0.4) is 0 Å². The van der Waals surface area contributed by atoms with Crippen molar-refractivity contribution in [3.05, 3.63) is 89.5 Å². The fraction of sp³-hybridized carbons (Fsp3) is 0.323. The Balaban J connectivity index is 1.55. The summed E-state index contributed by atoms with van der Waals surface area (Å²) in [4.78, 5) is 40.8. The largest absolute Gasteiger partial charge is 0.478 e. The molecule has 0 aromatic heterocycles. The predicted octanol–water partition coefficient (Wildman–Crippen LogP) is 6.13. The van der Waals surface area contributed by atoms with Gasteiger partial charge in [0.15, 0.2) is 11.4 Å². The van der Waals surface area contributed by atoms with E-state index in [-0.39, 0.29) is 18.2 Å². The summed E-state index contributed by atoms with van der Waals surface area (Å²) >= 11 is 1.61. The lowest BCUT2D eigenvalue weighted by Crippen LogP contribution is -2.38. The van der Waals surface area contributed by atoms with Crippen molar-refractivity contribution < 1.29 is 29.0 Å². The first kappa shape index (κ1) is 28.2. The average molecular weight is 548 g/mol. The van der Waals surface area contributed by atoms with E-state index in [1.165, 1.54) is 13.8 Å². The van der Waals surface area contributed by atoms with Gasteiger partial charge < -0.3 is 19.5 Å². The molecule has 2 atom stereocenters. The normalized spacial score (nSPS) is 17.1. The van der Waals surface area contributed by atoms with E-state index in [9.17, 15) is 19.5 Å². The third-order valence-electron chi connectivity index (χ3n) is 6.98. The van der Waals surface area contributed by atoms with Crippen molar-refractivity contribution in [1.82, 2.24) is 4.90 Å². The molecule has 1 aliphatic rings. The number of amides is 1. The second-order valence-corrected chi connectivity index (χ2v) is 11.1. The number of aliphatic carboxylic acids is 1. The Kier molecular flexibility index (Phi) is 8.65. The van der Waals surface area contributed by atoms with Gasteiger partial charge in [0.1, 0.15) is 11.5 Å². The number of carboxylic acid groups (broad SMARTS) is 1. The number of rotatable bonds is 9. The number of benzene rings is 3. The molecule has 1 heterocycles. The van der Waals surface area contributed by atoms with Gasteiger partial charge >= 0.3 is 12.1 Å². The second-order valence-electron chi connectivity index (χ2n) is 10.3. The Morgan fingerprint density at radius 2 is 1.69 bits per heavy atom. The van der Waals surface area contributed by atoms with E-state index in [1.54, 1.807) is 47.0 Å². The van der Waals surface area contributed by atoms with Crippen molar-refractivity contribution in [3.63, 3.8) is 0 Å². The molecule has 7 nitrogen and oxygen atoms in total. The first-order chi connectivity index (χ1) is 18.6. The molecule has 2 unspecified atom stereocenters. The highest BCUT2D eigenvalue weighted by Crippen LogP contribution is 2.33. The van der Waals surface area contributed by atoms with Crippen LogP contribution < -0.4 is 9.47 Å². The summed E-state index contributed by atoms with van der Waals surface area (Å²) in [6.45, 7) is 5.53. The second kappa shape index (κ2) is 11.9. The van der Waals surface area contributed by atoms with Crippen molar-refractivity contribution in [2.45, 2.75) is 37.7 Å². The Morgan fingerprint density at radius 1 is 1.00 bits per heavy atom. The molecular formula is C31H33NO6S. The average Bonchev–Trinajstić information content (AvgIpc) is 3.34. The molecule has 4 rings (SSSR count). The molecule has 3 aromatic carbocycles.